The molecule has 10 heteroatoms. The Morgan fingerprint density at radius 1 is 1.00 bits per heavy atom. The second-order valence-corrected chi connectivity index (χ2v) is 14.2. The first-order chi connectivity index (χ1) is 15.8. The largest absolute Gasteiger partial charge is 0.412 e. The topological polar surface area (TPSA) is 187 Å². The summed E-state index contributed by atoms with van der Waals surface area (Å²) in [7, 11) is -4.06. The van der Waals surface area contributed by atoms with Crippen LogP contribution in [0.2, 0.25) is 0 Å². The number of amides is 1. The molecule has 4 aliphatic rings. The maximum absolute atomic E-state index is 12.2. The Morgan fingerprint density at radius 2 is 1.64 bits per heavy atom. The van der Waals surface area contributed by atoms with E-state index in [1.807, 2.05) is 0 Å². The van der Waals surface area contributed by atoms with Crippen molar-refractivity contribution in [3.8, 4) is 0 Å². The lowest BCUT2D eigenvalue weighted by Crippen LogP contribution is -2.58. The van der Waals surface area contributed by atoms with Gasteiger partial charge < -0.3 is 26.5 Å². The number of carbonyl (C=O) groups is 1. The molecule has 4 aliphatic carbocycles. The van der Waals surface area contributed by atoms with E-state index in [1.54, 1.807) is 0 Å². The van der Waals surface area contributed by atoms with Gasteiger partial charge in [0, 0.05) is 13.0 Å². The van der Waals surface area contributed by atoms with Gasteiger partial charge in [-0.2, -0.15) is 8.42 Å². The quantitative estimate of drug-likeness (QED) is 0.359. The van der Waals surface area contributed by atoms with Crippen LogP contribution in [-0.4, -0.2) is 64.5 Å². The van der Waals surface area contributed by atoms with Crippen LogP contribution in [0.15, 0.2) is 0 Å². The van der Waals surface area contributed by atoms with E-state index in [-0.39, 0.29) is 46.4 Å². The van der Waals surface area contributed by atoms with Crippen molar-refractivity contribution in [3.63, 3.8) is 0 Å². The predicted octanol–water partition coefficient (Wildman–Crippen LogP) is 1.75. The smallest absolute Gasteiger partial charge is 0.266 e. The van der Waals surface area contributed by atoms with E-state index in [9.17, 15) is 23.4 Å². The van der Waals surface area contributed by atoms with Crippen molar-refractivity contribution in [1.29, 1.82) is 0 Å². The number of hydrogen-bond acceptors (Lipinski definition) is 5. The van der Waals surface area contributed by atoms with Crippen molar-refractivity contribution in [1.82, 2.24) is 5.32 Å². The zero-order chi connectivity index (χ0) is 24.9. The van der Waals surface area contributed by atoms with Gasteiger partial charge in [-0.3, -0.25) is 9.35 Å². The molecule has 1 unspecified atom stereocenters. The highest BCUT2D eigenvalue weighted by molar-refractivity contribution is 7.85. The van der Waals surface area contributed by atoms with Crippen LogP contribution in [0.3, 0.4) is 0 Å². The molecule has 4 rings (SSSR count). The van der Waals surface area contributed by atoms with Crippen LogP contribution in [0, 0.1) is 46.3 Å². The minimum absolute atomic E-state index is 0. The van der Waals surface area contributed by atoms with Gasteiger partial charge in [-0.25, -0.2) is 0 Å². The lowest BCUT2D eigenvalue weighted by atomic mass is 9.43. The highest BCUT2D eigenvalue weighted by Gasteiger charge is 2.62. The number of rotatable bonds is 7. The number of carbonyl (C=O) groups excluding carboxylic acids is 1. The molecule has 10 atom stereocenters. The number of aliphatic hydroxyl groups excluding tert-OH is 2. The maximum atomic E-state index is 12.2. The predicted molar refractivity (Wildman–Crippen MR) is 138 cm³/mol. The molecule has 212 valence electrons. The Bertz CT molecular complexity index is 868. The van der Waals surface area contributed by atoms with Crippen molar-refractivity contribution >= 4 is 16.0 Å². The molecule has 4 saturated carbocycles. The van der Waals surface area contributed by atoms with E-state index in [0.29, 0.717) is 41.9 Å². The molecule has 0 aromatic heterocycles. The van der Waals surface area contributed by atoms with Gasteiger partial charge >= 0.3 is 0 Å². The van der Waals surface area contributed by atoms with E-state index in [4.69, 9.17) is 4.55 Å². The molecule has 0 saturated heterocycles. The first-order valence-electron chi connectivity index (χ1n) is 13.4. The Balaban J connectivity index is 0.00000228. The summed E-state index contributed by atoms with van der Waals surface area (Å²) in [6, 6.07) is 0. The Morgan fingerprint density at radius 3 is 2.31 bits per heavy atom. The van der Waals surface area contributed by atoms with Crippen LogP contribution in [-0.2, 0) is 14.9 Å². The summed E-state index contributed by atoms with van der Waals surface area (Å²) in [6.45, 7) is 7.05. The zero-order valence-corrected chi connectivity index (χ0v) is 22.9. The highest BCUT2D eigenvalue weighted by Crippen LogP contribution is 2.68. The summed E-state index contributed by atoms with van der Waals surface area (Å²) in [5.74, 6) is 2.10. The first kappa shape index (κ1) is 31.4. The van der Waals surface area contributed by atoms with Gasteiger partial charge in [-0.15, -0.1) is 0 Å². The Kier molecular flexibility index (Phi) is 10.1. The fourth-order valence-electron chi connectivity index (χ4n) is 9.14. The third kappa shape index (κ3) is 5.94. The molecule has 0 aromatic rings. The standard InChI is InChI=1S/C26H45NO6S.2H2O/c1-16(4-7-23(30)27-12-13-34(31,32)33)19-5-6-20-24-21(9-11-26(19,20)3)25(2)10-8-18(28)14-17(25)15-22(24)29;;/h16-22,24,28-29H,4-15H2,1-3H3,(H,27,30)(H,31,32,33);2*1H2/t16-,17?,18-,19-,20+,21+,22+,24+,25+,26-;;/m1../s1. The van der Waals surface area contributed by atoms with E-state index in [2.05, 4.69) is 26.1 Å². The normalized spacial score (nSPS) is 42.6. The fourth-order valence-corrected chi connectivity index (χ4v) is 9.50. The van der Waals surface area contributed by atoms with Crippen molar-refractivity contribution < 1.29 is 38.9 Å². The first-order valence-corrected chi connectivity index (χ1v) is 15.0. The molecule has 0 heterocycles. The number of fused-ring (bicyclic) bond motifs is 5. The molecule has 36 heavy (non-hydrogen) atoms. The molecule has 8 N–H and O–H groups in total. The minimum atomic E-state index is -4.06. The molecule has 9 nitrogen and oxygen atoms in total. The lowest BCUT2D eigenvalue weighted by Gasteiger charge is -2.62. The van der Waals surface area contributed by atoms with E-state index >= 15 is 0 Å². The van der Waals surface area contributed by atoms with E-state index in [1.165, 1.54) is 6.42 Å². The summed E-state index contributed by atoms with van der Waals surface area (Å²) in [5, 5.41) is 24.2. The molecule has 0 radical (unpaired) electrons. The van der Waals surface area contributed by atoms with Crippen LogP contribution in [0.4, 0.5) is 0 Å². The van der Waals surface area contributed by atoms with Crippen molar-refractivity contribution in [2.24, 2.45) is 46.3 Å². The average molecular weight is 536 g/mol. The fraction of sp³-hybridized carbons (Fsp3) is 0.962. The molecule has 0 bridgehead atoms. The van der Waals surface area contributed by atoms with Gasteiger partial charge in [-0.05, 0) is 104 Å². The molecule has 0 aliphatic heterocycles. The maximum Gasteiger partial charge on any atom is 0.266 e. The van der Waals surface area contributed by atoms with Crippen LogP contribution in [0.1, 0.15) is 85.0 Å². The van der Waals surface area contributed by atoms with Crippen LogP contribution in [0.25, 0.3) is 0 Å². The lowest BCUT2D eigenvalue weighted by molar-refractivity contribution is -0.174. The molecule has 4 fully saturated rings. The van der Waals surface area contributed by atoms with E-state index in [0.717, 1.165) is 51.4 Å². The SMILES string of the molecule is C[C@H](CCC(=O)NCCS(=O)(=O)O)[C@H]1CC[C@H]2[C@@H]3[C@@H](O)CC4C[C@H](O)CC[C@]4(C)[C@H]3CC[C@]12C.O.O. The second kappa shape index (κ2) is 11.5. The third-order valence-corrected chi connectivity index (χ3v) is 11.6. The van der Waals surface area contributed by atoms with Crippen LogP contribution >= 0.6 is 0 Å². The third-order valence-electron chi connectivity index (χ3n) is 10.9. The summed E-state index contributed by atoms with van der Waals surface area (Å²) < 4.78 is 30.5. The van der Waals surface area contributed by atoms with E-state index < -0.39 is 15.9 Å². The second-order valence-electron chi connectivity index (χ2n) is 12.6. The summed E-state index contributed by atoms with van der Waals surface area (Å²) >= 11 is 0. The highest BCUT2D eigenvalue weighted by atomic mass is 32.2. The molecule has 1 amide bonds. The molecule has 0 aromatic carbocycles. The zero-order valence-electron chi connectivity index (χ0n) is 22.1. The van der Waals surface area contributed by atoms with Crippen LogP contribution < -0.4 is 5.32 Å². The summed E-state index contributed by atoms with van der Waals surface area (Å²) in [4.78, 5) is 12.2. The van der Waals surface area contributed by atoms with Crippen molar-refractivity contribution in [3.05, 3.63) is 0 Å². The Labute approximate surface area is 216 Å². The monoisotopic (exact) mass is 535 g/mol. The van der Waals surface area contributed by atoms with Crippen molar-refractivity contribution in [2.75, 3.05) is 12.3 Å². The molecule has 0 spiro atoms. The van der Waals surface area contributed by atoms with Gasteiger partial charge in [0.15, 0.2) is 0 Å². The van der Waals surface area contributed by atoms with Gasteiger partial charge in [0.05, 0.1) is 18.0 Å². The van der Waals surface area contributed by atoms with Crippen LogP contribution in [0.5, 0.6) is 0 Å². The molecular formula is C26H49NO8S. The average Bonchev–Trinajstić information content (AvgIpc) is 3.09. The molecular weight excluding hydrogens is 486 g/mol. The van der Waals surface area contributed by atoms with Gasteiger partial charge in [0.25, 0.3) is 10.1 Å². The minimum Gasteiger partial charge on any atom is -0.412 e. The Hall–Kier alpha value is -0.780. The van der Waals surface area contributed by atoms with Crippen molar-refractivity contribution in [2.45, 2.75) is 97.2 Å². The van der Waals surface area contributed by atoms with Gasteiger partial charge in [-0.1, -0.05) is 20.8 Å². The number of aliphatic hydroxyl groups is 2. The van der Waals surface area contributed by atoms with Gasteiger partial charge in [0.1, 0.15) is 0 Å². The summed E-state index contributed by atoms with van der Waals surface area (Å²) in [5.41, 5.74) is 0.411. The van der Waals surface area contributed by atoms with Gasteiger partial charge in [0.2, 0.25) is 5.91 Å². The summed E-state index contributed by atoms with van der Waals surface area (Å²) in [6.07, 6.45) is 8.87. The number of nitrogens with one attached hydrogen (secondary N) is 1. The number of hydrogen-bond donors (Lipinski definition) is 4.